The maximum Gasteiger partial charge on any atom is 0.0285 e. The van der Waals surface area contributed by atoms with E-state index in [1.165, 1.54) is 28.6 Å². The molecule has 0 spiro atoms. The van der Waals surface area contributed by atoms with E-state index in [1.807, 2.05) is 11.3 Å². The molecule has 2 aliphatic rings. The lowest BCUT2D eigenvalue weighted by Crippen LogP contribution is -2.31. The molecule has 3 rings (SSSR count). The van der Waals surface area contributed by atoms with Crippen LogP contribution in [-0.4, -0.2) is 6.04 Å². The van der Waals surface area contributed by atoms with Crippen LogP contribution in [0.25, 0.3) is 0 Å². The average Bonchev–Trinajstić information content (AvgIpc) is 2.61. The molecule has 2 fully saturated rings. The Balaban J connectivity index is 1.58. The Morgan fingerprint density at radius 3 is 2.73 bits per heavy atom. The third kappa shape index (κ3) is 2.15. The molecule has 0 aromatic carbocycles. The smallest absolute Gasteiger partial charge is 0.0285 e. The first-order chi connectivity index (χ1) is 7.22. The van der Waals surface area contributed by atoms with Crippen LogP contribution in [0.1, 0.15) is 24.1 Å². The summed E-state index contributed by atoms with van der Waals surface area (Å²) in [5, 5.41) is 2.15. The van der Waals surface area contributed by atoms with Crippen molar-refractivity contribution in [2.45, 2.75) is 31.7 Å². The lowest BCUT2D eigenvalue weighted by atomic mass is 9.92. The number of fused-ring (bicyclic) bond motifs is 1. The number of nitrogens with two attached hydrogens (primary N) is 1. The Labute approximate surface area is 103 Å². The van der Waals surface area contributed by atoms with Crippen molar-refractivity contribution in [3.8, 4) is 0 Å². The second kappa shape index (κ2) is 3.86. The lowest BCUT2D eigenvalue weighted by molar-refractivity contribution is 0.394. The zero-order valence-corrected chi connectivity index (χ0v) is 11.1. The van der Waals surface area contributed by atoms with Gasteiger partial charge in [0.2, 0.25) is 0 Å². The molecule has 0 aliphatic heterocycles. The second-order valence-electron chi connectivity index (χ2n) is 5.09. The number of thiophene rings is 1. The minimum Gasteiger partial charge on any atom is -0.327 e. The fraction of sp³-hybridized carbons (Fsp3) is 0.667. The zero-order chi connectivity index (χ0) is 10.4. The Hall–Kier alpha value is 0.140. The number of rotatable bonds is 3. The highest BCUT2D eigenvalue weighted by molar-refractivity contribution is 9.10. The van der Waals surface area contributed by atoms with E-state index in [9.17, 15) is 0 Å². The standard InChI is InChI=1S/C12H16BrNS/c13-10-4-11(15-6-10)5-12(14)9-2-7-1-8(7)3-9/h4,6-9,12H,1-3,5,14H2. The minimum atomic E-state index is 0.392. The average molecular weight is 286 g/mol. The first-order valence-electron chi connectivity index (χ1n) is 5.71. The molecule has 15 heavy (non-hydrogen) atoms. The lowest BCUT2D eigenvalue weighted by Gasteiger charge is -2.19. The van der Waals surface area contributed by atoms with E-state index in [4.69, 9.17) is 5.73 Å². The normalized spacial score (nSPS) is 35.2. The van der Waals surface area contributed by atoms with Gasteiger partial charge in [-0.2, -0.15) is 0 Å². The summed E-state index contributed by atoms with van der Waals surface area (Å²) in [5.41, 5.74) is 6.29. The minimum absolute atomic E-state index is 0.392. The third-order valence-corrected chi connectivity index (χ3v) is 5.66. The predicted octanol–water partition coefficient (Wildman–Crippen LogP) is 3.43. The van der Waals surface area contributed by atoms with E-state index >= 15 is 0 Å². The van der Waals surface area contributed by atoms with E-state index in [1.54, 1.807) is 0 Å². The van der Waals surface area contributed by atoms with Crippen LogP contribution in [0.3, 0.4) is 0 Å². The largest absolute Gasteiger partial charge is 0.327 e. The fourth-order valence-electron chi connectivity index (χ4n) is 2.97. The van der Waals surface area contributed by atoms with Gasteiger partial charge in [0.25, 0.3) is 0 Å². The summed E-state index contributed by atoms with van der Waals surface area (Å²) < 4.78 is 1.20. The summed E-state index contributed by atoms with van der Waals surface area (Å²) >= 11 is 5.31. The first-order valence-corrected chi connectivity index (χ1v) is 7.38. The van der Waals surface area contributed by atoms with Crippen LogP contribution in [0.5, 0.6) is 0 Å². The van der Waals surface area contributed by atoms with Gasteiger partial charge >= 0.3 is 0 Å². The molecule has 0 saturated heterocycles. The van der Waals surface area contributed by atoms with Crippen LogP contribution in [-0.2, 0) is 6.42 Å². The van der Waals surface area contributed by atoms with Gasteiger partial charge in [-0.05, 0) is 65.4 Å². The summed E-state index contributed by atoms with van der Waals surface area (Å²) in [6.07, 6.45) is 5.37. The molecule has 2 N–H and O–H groups in total. The van der Waals surface area contributed by atoms with Crippen LogP contribution in [0.2, 0.25) is 0 Å². The summed E-state index contributed by atoms with van der Waals surface area (Å²) in [7, 11) is 0. The zero-order valence-electron chi connectivity index (χ0n) is 8.66. The first kappa shape index (κ1) is 10.3. The van der Waals surface area contributed by atoms with E-state index in [0.717, 1.165) is 24.2 Å². The van der Waals surface area contributed by atoms with Crippen molar-refractivity contribution < 1.29 is 0 Å². The number of hydrogen-bond acceptors (Lipinski definition) is 2. The SMILES string of the molecule is NC(Cc1cc(Br)cs1)C1CC2CC2C1. The maximum absolute atomic E-state index is 6.29. The van der Waals surface area contributed by atoms with Gasteiger partial charge in [0.15, 0.2) is 0 Å². The van der Waals surface area contributed by atoms with Crippen LogP contribution >= 0.6 is 27.3 Å². The van der Waals surface area contributed by atoms with Crippen molar-refractivity contribution >= 4 is 27.3 Å². The molecule has 1 heterocycles. The van der Waals surface area contributed by atoms with Crippen molar-refractivity contribution in [3.63, 3.8) is 0 Å². The van der Waals surface area contributed by atoms with E-state index in [2.05, 4.69) is 27.4 Å². The molecular formula is C12H16BrNS. The fourth-order valence-corrected chi connectivity index (χ4v) is 4.49. The third-order valence-electron chi connectivity index (χ3n) is 3.94. The number of hydrogen-bond donors (Lipinski definition) is 1. The maximum atomic E-state index is 6.29. The van der Waals surface area contributed by atoms with Gasteiger partial charge in [0.05, 0.1) is 0 Å². The van der Waals surface area contributed by atoms with Crippen LogP contribution < -0.4 is 5.73 Å². The van der Waals surface area contributed by atoms with Crippen LogP contribution in [0.15, 0.2) is 15.9 Å². The van der Waals surface area contributed by atoms with Gasteiger partial charge in [-0.15, -0.1) is 11.3 Å². The highest BCUT2D eigenvalue weighted by atomic mass is 79.9. The molecule has 1 nitrogen and oxygen atoms in total. The Kier molecular flexibility index (Phi) is 2.65. The molecule has 3 atom stereocenters. The van der Waals surface area contributed by atoms with Crippen LogP contribution in [0.4, 0.5) is 0 Å². The molecular weight excluding hydrogens is 270 g/mol. The van der Waals surface area contributed by atoms with Crippen molar-refractivity contribution in [1.82, 2.24) is 0 Å². The van der Waals surface area contributed by atoms with Crippen LogP contribution in [0, 0.1) is 17.8 Å². The summed E-state index contributed by atoms with van der Waals surface area (Å²) in [6.45, 7) is 0. The quantitative estimate of drug-likeness (QED) is 0.905. The van der Waals surface area contributed by atoms with Crippen molar-refractivity contribution in [1.29, 1.82) is 0 Å². The molecule has 0 amide bonds. The second-order valence-corrected chi connectivity index (χ2v) is 7.00. The van der Waals surface area contributed by atoms with E-state index in [0.29, 0.717) is 6.04 Å². The van der Waals surface area contributed by atoms with Crippen molar-refractivity contribution in [2.24, 2.45) is 23.5 Å². The van der Waals surface area contributed by atoms with Gasteiger partial charge in [0, 0.05) is 20.8 Å². The van der Waals surface area contributed by atoms with Gasteiger partial charge < -0.3 is 5.73 Å². The molecule has 0 radical (unpaired) electrons. The summed E-state index contributed by atoms with van der Waals surface area (Å²) in [4.78, 5) is 1.43. The molecule has 3 unspecified atom stereocenters. The molecule has 2 aliphatic carbocycles. The van der Waals surface area contributed by atoms with Crippen molar-refractivity contribution in [2.75, 3.05) is 0 Å². The molecule has 0 bridgehead atoms. The van der Waals surface area contributed by atoms with Gasteiger partial charge in [-0.1, -0.05) is 0 Å². The van der Waals surface area contributed by atoms with E-state index in [-0.39, 0.29) is 0 Å². The molecule has 1 aromatic heterocycles. The topological polar surface area (TPSA) is 26.0 Å². The Bertz CT molecular complexity index is 352. The Morgan fingerprint density at radius 1 is 1.40 bits per heavy atom. The number of halogens is 1. The highest BCUT2D eigenvalue weighted by Gasteiger charge is 2.47. The monoisotopic (exact) mass is 285 g/mol. The summed E-state index contributed by atoms with van der Waals surface area (Å²) in [6, 6.07) is 2.60. The van der Waals surface area contributed by atoms with E-state index < -0.39 is 0 Å². The predicted molar refractivity (Wildman–Crippen MR) is 68.0 cm³/mol. The highest BCUT2D eigenvalue weighted by Crippen LogP contribution is 2.55. The van der Waals surface area contributed by atoms with Gasteiger partial charge in [-0.3, -0.25) is 0 Å². The van der Waals surface area contributed by atoms with Gasteiger partial charge in [-0.25, -0.2) is 0 Å². The Morgan fingerprint density at radius 2 is 2.13 bits per heavy atom. The molecule has 2 saturated carbocycles. The molecule has 3 heteroatoms. The molecule has 82 valence electrons. The summed E-state index contributed by atoms with van der Waals surface area (Å²) in [5.74, 6) is 2.90. The van der Waals surface area contributed by atoms with Crippen molar-refractivity contribution in [3.05, 3.63) is 20.8 Å². The van der Waals surface area contributed by atoms with Gasteiger partial charge in [0.1, 0.15) is 0 Å². The molecule has 1 aromatic rings.